The fourth-order valence-electron chi connectivity index (χ4n) is 9.15. The lowest BCUT2D eigenvalue weighted by atomic mass is 9.92. The van der Waals surface area contributed by atoms with Gasteiger partial charge in [-0.2, -0.15) is 5.10 Å². The lowest BCUT2D eigenvalue weighted by molar-refractivity contribution is -0.135. The largest absolute Gasteiger partial charge is 0.456 e. The summed E-state index contributed by atoms with van der Waals surface area (Å²) < 4.78 is 27.7. The van der Waals surface area contributed by atoms with Gasteiger partial charge in [-0.15, -0.1) is 0 Å². The Morgan fingerprint density at radius 3 is 2.29 bits per heavy atom. The molecule has 4 aliphatic heterocycles. The number of allylic oxidation sites excluding steroid dienone is 1. The van der Waals surface area contributed by atoms with Crippen LogP contribution in [0.25, 0.3) is 10.8 Å². The number of carbonyl (C=O) groups excluding carboxylic acids is 2. The molecule has 4 fully saturated rings. The molecule has 5 heterocycles. The molecule has 62 heavy (non-hydrogen) atoms. The second-order valence-electron chi connectivity index (χ2n) is 16.9. The zero-order valence-corrected chi connectivity index (χ0v) is 35.3. The molecule has 328 valence electrons. The second-order valence-corrected chi connectivity index (χ2v) is 16.9. The third kappa shape index (κ3) is 10.5. The van der Waals surface area contributed by atoms with Crippen molar-refractivity contribution in [1.29, 1.82) is 0 Å². The first-order valence-corrected chi connectivity index (χ1v) is 22.0. The maximum Gasteiger partial charge on any atom is 0.272 e. The molecule has 4 saturated heterocycles. The van der Waals surface area contributed by atoms with Crippen LogP contribution in [0.15, 0.2) is 95.4 Å². The monoisotopic (exact) mass is 847 g/mol. The predicted octanol–water partition coefficient (Wildman–Crippen LogP) is 4.03. The molecule has 4 aliphatic rings. The Balaban J connectivity index is 0.743. The molecule has 3 aromatic carbocycles. The number of rotatable bonds is 12. The van der Waals surface area contributed by atoms with Crippen LogP contribution in [0.4, 0.5) is 4.39 Å². The fraction of sp³-hybridized carbons (Fsp3) is 0.447. The van der Waals surface area contributed by atoms with Crippen LogP contribution in [-0.2, 0) is 16.0 Å². The number of H-pyrrole nitrogens is 1. The Morgan fingerprint density at radius 1 is 0.839 bits per heavy atom. The van der Waals surface area contributed by atoms with Crippen molar-refractivity contribution in [3.05, 3.63) is 129 Å². The van der Waals surface area contributed by atoms with Crippen LogP contribution in [0.3, 0.4) is 0 Å². The van der Waals surface area contributed by atoms with E-state index in [1.165, 1.54) is 30.7 Å². The summed E-state index contributed by atoms with van der Waals surface area (Å²) in [6.07, 6.45) is 9.65. The van der Waals surface area contributed by atoms with Crippen LogP contribution in [0, 0.1) is 5.82 Å². The number of halogens is 1. The number of amides is 2. The minimum atomic E-state index is -0.600. The van der Waals surface area contributed by atoms with Crippen molar-refractivity contribution >= 4 is 22.6 Å². The Morgan fingerprint density at radius 2 is 1.56 bits per heavy atom. The summed E-state index contributed by atoms with van der Waals surface area (Å²) in [5, 5.41) is 11.5. The first-order chi connectivity index (χ1) is 30.2. The Bertz CT molecular complexity index is 2320. The van der Waals surface area contributed by atoms with Crippen molar-refractivity contribution in [2.75, 3.05) is 72.0 Å². The third-order valence-electron chi connectivity index (χ3n) is 12.7. The fourth-order valence-corrected chi connectivity index (χ4v) is 9.15. The van der Waals surface area contributed by atoms with Gasteiger partial charge in [0.1, 0.15) is 23.1 Å². The Hall–Kier alpha value is -5.77. The van der Waals surface area contributed by atoms with E-state index < -0.39 is 11.7 Å². The molecule has 15 heteroatoms. The SMILES string of the molecule is N/C=C(\C=C(/N)N1CCC(OC2CCN(CC(=O)N3CCN(C(=O)c4cc(Cc5n[nH]c(=O)c6ccccc56)ccc4F)CC3)CC2)CC1)Oc1cccc(C2CCCNC2)c1. The van der Waals surface area contributed by atoms with Gasteiger partial charge in [-0.25, -0.2) is 9.49 Å². The molecule has 6 N–H and O–H groups in total. The van der Waals surface area contributed by atoms with Crippen LogP contribution >= 0.6 is 0 Å². The van der Waals surface area contributed by atoms with E-state index in [0.29, 0.717) is 78.7 Å². The van der Waals surface area contributed by atoms with Gasteiger partial charge in [-0.05, 0) is 92.4 Å². The average molecular weight is 848 g/mol. The van der Waals surface area contributed by atoms with Crippen LogP contribution < -0.4 is 27.1 Å². The number of likely N-dealkylation sites (tertiary alicyclic amines) is 2. The van der Waals surface area contributed by atoms with Gasteiger partial charge in [0, 0.05) is 83.0 Å². The zero-order valence-electron chi connectivity index (χ0n) is 35.3. The van der Waals surface area contributed by atoms with Gasteiger partial charge in [-0.1, -0.05) is 36.4 Å². The first-order valence-electron chi connectivity index (χ1n) is 22.0. The van der Waals surface area contributed by atoms with Crippen LogP contribution in [0.5, 0.6) is 5.75 Å². The number of carbonyl (C=O) groups is 2. The second kappa shape index (κ2) is 20.0. The van der Waals surface area contributed by atoms with Gasteiger partial charge in [0.2, 0.25) is 5.91 Å². The molecule has 14 nitrogen and oxygen atoms in total. The van der Waals surface area contributed by atoms with Crippen molar-refractivity contribution in [3.63, 3.8) is 0 Å². The topological polar surface area (TPSA) is 175 Å². The van der Waals surface area contributed by atoms with E-state index in [9.17, 15) is 14.4 Å². The number of nitrogens with zero attached hydrogens (tertiary/aromatic N) is 5. The average Bonchev–Trinajstić information content (AvgIpc) is 3.31. The molecule has 1 atom stereocenters. The van der Waals surface area contributed by atoms with Crippen LogP contribution in [-0.4, -0.2) is 126 Å². The molecule has 0 bridgehead atoms. The minimum Gasteiger partial charge on any atom is -0.456 e. The van der Waals surface area contributed by atoms with Crippen molar-refractivity contribution in [2.45, 2.75) is 63.1 Å². The molecule has 0 radical (unpaired) electrons. The minimum absolute atomic E-state index is 0.0169. The molecule has 0 aliphatic carbocycles. The summed E-state index contributed by atoms with van der Waals surface area (Å²) in [5.74, 6) is 1.37. The van der Waals surface area contributed by atoms with E-state index in [-0.39, 0.29) is 29.2 Å². The maximum absolute atomic E-state index is 15.0. The molecule has 1 aromatic heterocycles. The van der Waals surface area contributed by atoms with E-state index in [4.69, 9.17) is 20.9 Å². The maximum atomic E-state index is 15.0. The number of aromatic amines is 1. The zero-order chi connectivity index (χ0) is 43.0. The van der Waals surface area contributed by atoms with Crippen molar-refractivity contribution in [3.8, 4) is 5.75 Å². The summed E-state index contributed by atoms with van der Waals surface area (Å²) in [5.41, 5.74) is 14.8. The summed E-state index contributed by atoms with van der Waals surface area (Å²) in [4.78, 5) is 46.9. The molecule has 4 aromatic rings. The number of aromatic nitrogens is 2. The molecule has 8 rings (SSSR count). The van der Waals surface area contributed by atoms with E-state index in [2.05, 4.69) is 37.4 Å². The predicted molar refractivity (Wildman–Crippen MR) is 236 cm³/mol. The highest BCUT2D eigenvalue weighted by atomic mass is 19.1. The van der Waals surface area contributed by atoms with E-state index in [0.717, 1.165) is 70.7 Å². The first kappa shape index (κ1) is 42.9. The number of nitrogens with two attached hydrogens (primary N) is 2. The Labute approximate surface area is 361 Å². The number of benzene rings is 3. The molecule has 1 unspecified atom stereocenters. The van der Waals surface area contributed by atoms with Gasteiger partial charge < -0.3 is 41.0 Å². The van der Waals surface area contributed by atoms with Gasteiger partial charge in [0.05, 0.1) is 35.4 Å². The molecule has 2 amide bonds. The number of piperidine rings is 3. The van der Waals surface area contributed by atoms with Gasteiger partial charge >= 0.3 is 0 Å². The van der Waals surface area contributed by atoms with Crippen LogP contribution in [0.2, 0.25) is 0 Å². The van der Waals surface area contributed by atoms with Crippen molar-refractivity contribution in [1.82, 2.24) is 35.1 Å². The lowest BCUT2D eigenvalue weighted by Gasteiger charge is -2.39. The molecular weight excluding hydrogens is 790 g/mol. The molecule has 0 saturated carbocycles. The highest BCUT2D eigenvalue weighted by molar-refractivity contribution is 5.95. The molecular formula is C47H58FN9O5. The van der Waals surface area contributed by atoms with E-state index >= 15 is 4.39 Å². The lowest BCUT2D eigenvalue weighted by Crippen LogP contribution is -2.53. The smallest absolute Gasteiger partial charge is 0.272 e. The highest BCUT2D eigenvalue weighted by Crippen LogP contribution is 2.28. The summed E-state index contributed by atoms with van der Waals surface area (Å²) in [6, 6.07) is 19.9. The number of nitrogens with one attached hydrogen (secondary N) is 2. The normalized spacial score (nSPS) is 20.1. The highest BCUT2D eigenvalue weighted by Gasteiger charge is 2.30. The Kier molecular flexibility index (Phi) is 13.8. The standard InChI is InChI=1S/C47H58FN9O5/c48-42-11-10-32(26-43-39-8-1-2-9-40(39)46(59)53-52-43)25-41(42)47(60)57-23-21-56(22-24-57)45(58)31-54-17-12-35(13-18-54)61-36-14-19-55(20-15-36)44(50)28-38(29-49)62-37-7-3-5-33(27-37)34-6-4-16-51-30-34/h1-3,5,7-11,25,27-29,34-36,51H,4,6,12-24,26,30-31,49-50H2,(H,53,59)/b38-29+,44-28+. The summed E-state index contributed by atoms with van der Waals surface area (Å²) in [7, 11) is 0. The van der Waals surface area contributed by atoms with E-state index in [1.54, 1.807) is 40.1 Å². The molecule has 0 spiro atoms. The van der Waals surface area contributed by atoms with Gasteiger partial charge in [-0.3, -0.25) is 19.3 Å². The van der Waals surface area contributed by atoms with Crippen LogP contribution in [0.1, 0.15) is 71.6 Å². The van der Waals surface area contributed by atoms with E-state index in [1.807, 2.05) is 24.3 Å². The summed E-state index contributed by atoms with van der Waals surface area (Å²) in [6.45, 7) is 6.89. The number of fused-ring (bicyclic) bond motifs is 1. The van der Waals surface area contributed by atoms with Gasteiger partial charge in [0.15, 0.2) is 0 Å². The van der Waals surface area contributed by atoms with Gasteiger partial charge in [0.25, 0.3) is 11.5 Å². The number of ether oxygens (including phenoxy) is 2. The third-order valence-corrected chi connectivity index (χ3v) is 12.7. The number of hydrogen-bond acceptors (Lipinski definition) is 11. The number of hydrogen-bond donors (Lipinski definition) is 4. The van der Waals surface area contributed by atoms with Crippen molar-refractivity contribution < 1.29 is 23.5 Å². The quantitative estimate of drug-likeness (QED) is 0.120. The van der Waals surface area contributed by atoms with Crippen molar-refractivity contribution in [2.24, 2.45) is 11.5 Å². The summed E-state index contributed by atoms with van der Waals surface area (Å²) >= 11 is 0. The number of piperazine rings is 1.